The number of carboxylic acid groups (broad SMARTS) is 1. The molecule has 3 N–H and O–H groups in total. The second-order valence-corrected chi connectivity index (χ2v) is 3.87. The second-order valence-electron chi connectivity index (χ2n) is 3.87. The highest BCUT2D eigenvalue weighted by atomic mass is 16.5. The molecule has 1 atom stereocenters. The monoisotopic (exact) mass is 244 g/mol. The second kappa shape index (κ2) is 6.19. The van der Waals surface area contributed by atoms with E-state index in [1.807, 2.05) is 0 Å². The average Bonchev–Trinajstić information content (AvgIpc) is 2.20. The van der Waals surface area contributed by atoms with Crippen molar-refractivity contribution < 1.29 is 24.2 Å². The fourth-order valence-electron chi connectivity index (χ4n) is 1.39. The Bertz CT molecular complexity index is 314. The van der Waals surface area contributed by atoms with Gasteiger partial charge in [-0.2, -0.15) is 0 Å². The van der Waals surface area contributed by atoms with Crippen LogP contribution in [-0.4, -0.2) is 49.2 Å². The van der Waals surface area contributed by atoms with E-state index in [-0.39, 0.29) is 24.7 Å². The van der Waals surface area contributed by atoms with E-state index < -0.39 is 18.0 Å². The van der Waals surface area contributed by atoms with Crippen molar-refractivity contribution in [3.8, 4) is 0 Å². The highest BCUT2D eigenvalue weighted by molar-refractivity contribution is 5.86. The number of carbonyl (C=O) groups excluding carboxylic acids is 2. The molecule has 0 bridgehead atoms. The lowest BCUT2D eigenvalue weighted by Crippen LogP contribution is -2.54. The van der Waals surface area contributed by atoms with Gasteiger partial charge in [-0.3, -0.25) is 9.59 Å². The van der Waals surface area contributed by atoms with Gasteiger partial charge in [-0.05, 0) is 6.42 Å². The number of carboxylic acids is 1. The van der Waals surface area contributed by atoms with Gasteiger partial charge in [0.15, 0.2) is 0 Å². The van der Waals surface area contributed by atoms with E-state index in [1.165, 1.54) is 7.11 Å². The molecule has 1 fully saturated rings. The fourth-order valence-corrected chi connectivity index (χ4v) is 1.39. The molecule has 1 rings (SSSR count). The Balaban J connectivity index is 2.39. The third kappa shape index (κ3) is 4.03. The first kappa shape index (κ1) is 13.4. The number of esters is 1. The van der Waals surface area contributed by atoms with E-state index in [1.54, 1.807) is 0 Å². The van der Waals surface area contributed by atoms with Crippen molar-refractivity contribution in [2.75, 3.05) is 20.2 Å². The van der Waals surface area contributed by atoms with Gasteiger partial charge in [-0.1, -0.05) is 0 Å². The molecule has 0 unspecified atom stereocenters. The van der Waals surface area contributed by atoms with Gasteiger partial charge in [-0.25, -0.2) is 4.79 Å². The Labute approximate surface area is 98.5 Å². The number of ether oxygens (including phenoxy) is 1. The summed E-state index contributed by atoms with van der Waals surface area (Å²) in [5, 5.41) is 14.2. The van der Waals surface area contributed by atoms with Crippen LogP contribution in [0.25, 0.3) is 0 Å². The lowest BCUT2D eigenvalue weighted by Gasteiger charge is -2.27. The SMILES string of the molecule is COC(=O)CC[C@@H](NC(=O)C1CNC1)C(=O)O. The Morgan fingerprint density at radius 2 is 2.12 bits per heavy atom. The number of carbonyl (C=O) groups is 3. The highest BCUT2D eigenvalue weighted by Crippen LogP contribution is 2.05. The van der Waals surface area contributed by atoms with Gasteiger partial charge in [0.25, 0.3) is 0 Å². The molecule has 0 aromatic rings. The standard InChI is InChI=1S/C10H16N2O5/c1-17-8(13)3-2-7(10(15)16)12-9(14)6-4-11-5-6/h6-7,11H,2-5H2,1H3,(H,12,14)(H,15,16)/t7-/m1/s1. The van der Waals surface area contributed by atoms with Gasteiger partial charge >= 0.3 is 11.9 Å². The lowest BCUT2D eigenvalue weighted by molar-refractivity contribution is -0.144. The summed E-state index contributed by atoms with van der Waals surface area (Å²) in [7, 11) is 1.23. The van der Waals surface area contributed by atoms with Crippen LogP contribution in [0.4, 0.5) is 0 Å². The van der Waals surface area contributed by atoms with Crippen molar-refractivity contribution in [1.82, 2.24) is 10.6 Å². The van der Waals surface area contributed by atoms with Crippen LogP contribution in [-0.2, 0) is 19.1 Å². The predicted octanol–water partition coefficient (Wildman–Crippen LogP) is -1.27. The van der Waals surface area contributed by atoms with Crippen LogP contribution < -0.4 is 10.6 Å². The normalized spacial score (nSPS) is 16.8. The molecule has 1 heterocycles. The summed E-state index contributed by atoms with van der Waals surface area (Å²) in [6.45, 7) is 1.13. The largest absolute Gasteiger partial charge is 0.480 e. The maximum absolute atomic E-state index is 11.5. The summed E-state index contributed by atoms with van der Waals surface area (Å²) < 4.78 is 4.41. The molecular weight excluding hydrogens is 228 g/mol. The van der Waals surface area contributed by atoms with Crippen LogP contribution >= 0.6 is 0 Å². The molecule has 7 heteroatoms. The van der Waals surface area contributed by atoms with Gasteiger partial charge < -0.3 is 20.5 Å². The maximum atomic E-state index is 11.5. The van der Waals surface area contributed by atoms with Crippen molar-refractivity contribution in [1.29, 1.82) is 0 Å². The summed E-state index contributed by atoms with van der Waals surface area (Å²) in [6.07, 6.45) is 0.00452. The summed E-state index contributed by atoms with van der Waals surface area (Å²) in [5.41, 5.74) is 0. The third-order valence-corrected chi connectivity index (χ3v) is 2.63. The molecule has 0 aromatic heterocycles. The van der Waals surface area contributed by atoms with Gasteiger partial charge in [0.05, 0.1) is 13.0 Å². The molecule has 1 aliphatic heterocycles. The van der Waals surface area contributed by atoms with Gasteiger partial charge in [0.1, 0.15) is 6.04 Å². The zero-order chi connectivity index (χ0) is 12.8. The average molecular weight is 244 g/mol. The van der Waals surface area contributed by atoms with E-state index in [0.717, 1.165) is 0 Å². The third-order valence-electron chi connectivity index (χ3n) is 2.63. The number of hydrogen-bond donors (Lipinski definition) is 3. The molecule has 0 aromatic carbocycles. The first-order chi connectivity index (χ1) is 8.04. The fraction of sp³-hybridized carbons (Fsp3) is 0.700. The smallest absolute Gasteiger partial charge is 0.326 e. The van der Waals surface area contributed by atoms with Crippen molar-refractivity contribution in [3.05, 3.63) is 0 Å². The summed E-state index contributed by atoms with van der Waals surface area (Å²) in [6, 6.07) is -1.04. The summed E-state index contributed by atoms with van der Waals surface area (Å²) >= 11 is 0. The molecule has 0 aliphatic carbocycles. The highest BCUT2D eigenvalue weighted by Gasteiger charge is 2.29. The molecule has 0 saturated carbocycles. The van der Waals surface area contributed by atoms with Crippen LogP contribution in [0.1, 0.15) is 12.8 Å². The minimum atomic E-state index is -1.14. The molecule has 0 spiro atoms. The molecule has 1 aliphatic rings. The Morgan fingerprint density at radius 3 is 2.53 bits per heavy atom. The number of methoxy groups -OCH3 is 1. The minimum absolute atomic E-state index is 0.0311. The first-order valence-electron chi connectivity index (χ1n) is 5.35. The molecule has 1 saturated heterocycles. The predicted molar refractivity (Wildman–Crippen MR) is 57.2 cm³/mol. The number of amides is 1. The summed E-state index contributed by atoms with van der Waals surface area (Å²) in [5.74, 6) is -2.10. The van der Waals surface area contributed by atoms with Crippen molar-refractivity contribution in [3.63, 3.8) is 0 Å². The first-order valence-corrected chi connectivity index (χ1v) is 5.35. The van der Waals surface area contributed by atoms with E-state index in [0.29, 0.717) is 13.1 Å². The number of nitrogens with one attached hydrogen (secondary N) is 2. The zero-order valence-electron chi connectivity index (χ0n) is 9.56. The number of aliphatic carboxylic acids is 1. The maximum Gasteiger partial charge on any atom is 0.326 e. The van der Waals surface area contributed by atoms with Gasteiger partial charge in [0, 0.05) is 19.5 Å². The van der Waals surface area contributed by atoms with Gasteiger partial charge in [-0.15, -0.1) is 0 Å². The van der Waals surface area contributed by atoms with Crippen molar-refractivity contribution >= 4 is 17.8 Å². The van der Waals surface area contributed by atoms with E-state index in [2.05, 4.69) is 15.4 Å². The molecule has 96 valence electrons. The van der Waals surface area contributed by atoms with Gasteiger partial charge in [0.2, 0.25) is 5.91 Å². The van der Waals surface area contributed by atoms with Crippen LogP contribution in [0.5, 0.6) is 0 Å². The zero-order valence-corrected chi connectivity index (χ0v) is 9.56. The molecule has 17 heavy (non-hydrogen) atoms. The van der Waals surface area contributed by atoms with E-state index in [4.69, 9.17) is 5.11 Å². The Hall–Kier alpha value is -1.63. The van der Waals surface area contributed by atoms with Crippen LogP contribution in [0.15, 0.2) is 0 Å². The van der Waals surface area contributed by atoms with Crippen LogP contribution in [0, 0.1) is 5.92 Å². The topological polar surface area (TPSA) is 105 Å². The summed E-state index contributed by atoms with van der Waals surface area (Å²) in [4.78, 5) is 33.3. The number of hydrogen-bond acceptors (Lipinski definition) is 5. The van der Waals surface area contributed by atoms with E-state index >= 15 is 0 Å². The van der Waals surface area contributed by atoms with E-state index in [9.17, 15) is 14.4 Å². The van der Waals surface area contributed by atoms with Crippen LogP contribution in [0.3, 0.4) is 0 Å². The molecule has 1 amide bonds. The minimum Gasteiger partial charge on any atom is -0.480 e. The number of rotatable bonds is 6. The molecular formula is C10H16N2O5. The van der Waals surface area contributed by atoms with Crippen molar-refractivity contribution in [2.45, 2.75) is 18.9 Å². The Kier molecular flexibility index (Phi) is 4.89. The molecule has 0 radical (unpaired) electrons. The Morgan fingerprint density at radius 1 is 1.47 bits per heavy atom. The lowest BCUT2D eigenvalue weighted by atomic mass is 10.0. The molecule has 7 nitrogen and oxygen atoms in total. The van der Waals surface area contributed by atoms with Crippen molar-refractivity contribution in [2.24, 2.45) is 5.92 Å². The van der Waals surface area contributed by atoms with Crippen LogP contribution in [0.2, 0.25) is 0 Å². The quantitative estimate of drug-likeness (QED) is 0.503.